The van der Waals surface area contributed by atoms with Crippen molar-refractivity contribution in [3.63, 3.8) is 0 Å². The molecule has 3 heterocycles. The van der Waals surface area contributed by atoms with Gasteiger partial charge in [0.2, 0.25) is 5.78 Å². The van der Waals surface area contributed by atoms with E-state index < -0.39 is 23.5 Å². The number of ketones is 1. The minimum absolute atomic E-state index is 0.0102. The van der Waals surface area contributed by atoms with Crippen molar-refractivity contribution in [3.05, 3.63) is 101 Å². The number of para-hydroxylation sites is 1. The fourth-order valence-electron chi connectivity index (χ4n) is 4.21. The van der Waals surface area contributed by atoms with Gasteiger partial charge in [-0.25, -0.2) is 4.98 Å². The third-order valence-corrected chi connectivity index (χ3v) is 5.97. The van der Waals surface area contributed by atoms with Gasteiger partial charge in [0.05, 0.1) is 17.9 Å². The van der Waals surface area contributed by atoms with Crippen LogP contribution in [-0.4, -0.2) is 37.8 Å². The van der Waals surface area contributed by atoms with Gasteiger partial charge in [0.15, 0.2) is 11.5 Å². The van der Waals surface area contributed by atoms with Crippen molar-refractivity contribution in [1.82, 2.24) is 14.5 Å². The number of Topliss-reactive ketones (excluding diaryl/α,β-unsaturated/α-hetero) is 1. The van der Waals surface area contributed by atoms with Crippen LogP contribution in [-0.2, 0) is 11.3 Å². The Morgan fingerprint density at radius 1 is 1.12 bits per heavy atom. The highest BCUT2D eigenvalue weighted by Crippen LogP contribution is 2.40. The van der Waals surface area contributed by atoms with Crippen LogP contribution in [0.15, 0.2) is 89.1 Å². The molecule has 0 aliphatic carbocycles. The molecule has 1 aliphatic rings. The van der Waals surface area contributed by atoms with Crippen molar-refractivity contribution in [2.24, 2.45) is 0 Å². The lowest BCUT2D eigenvalue weighted by molar-refractivity contribution is -0.129. The molecule has 0 spiro atoms. The van der Waals surface area contributed by atoms with E-state index in [1.54, 1.807) is 48.9 Å². The first-order chi connectivity index (χ1) is 16.0. The number of hydrogen-bond acceptors (Lipinski definition) is 5. The van der Waals surface area contributed by atoms with Crippen molar-refractivity contribution in [3.8, 4) is 0 Å². The molecule has 4 aromatic rings. The Hall–Kier alpha value is -3.84. The Morgan fingerprint density at radius 3 is 2.73 bits per heavy atom. The maximum atomic E-state index is 13.5. The highest BCUT2D eigenvalue weighted by Gasteiger charge is 2.44. The molecule has 2 aromatic carbocycles. The number of halogens is 1. The highest BCUT2D eigenvalue weighted by atomic mass is 35.5. The summed E-state index contributed by atoms with van der Waals surface area (Å²) in [5.41, 5.74) is 1.19. The molecule has 8 heteroatoms. The second-order valence-corrected chi connectivity index (χ2v) is 8.29. The van der Waals surface area contributed by atoms with Crippen LogP contribution in [0, 0.1) is 0 Å². The first-order valence-corrected chi connectivity index (χ1v) is 10.9. The van der Waals surface area contributed by atoms with Crippen LogP contribution in [0.4, 0.5) is 0 Å². The molecule has 33 heavy (non-hydrogen) atoms. The molecule has 7 nitrogen and oxygen atoms in total. The van der Waals surface area contributed by atoms with Crippen molar-refractivity contribution < 1.29 is 19.1 Å². The molecule has 0 saturated heterocycles. The number of benzene rings is 2. The van der Waals surface area contributed by atoms with Crippen molar-refractivity contribution >= 4 is 34.3 Å². The number of furan rings is 1. The van der Waals surface area contributed by atoms with Gasteiger partial charge in [0, 0.05) is 35.9 Å². The summed E-state index contributed by atoms with van der Waals surface area (Å²) in [4.78, 5) is 32.1. The molecule has 1 unspecified atom stereocenters. The number of carbonyl (C=O) groups excluding carboxylic acids is 2. The highest BCUT2D eigenvalue weighted by molar-refractivity contribution is 6.30. The number of aryl methyl sites for hydroxylation is 1. The Morgan fingerprint density at radius 2 is 1.97 bits per heavy atom. The van der Waals surface area contributed by atoms with E-state index in [4.69, 9.17) is 16.0 Å². The number of aliphatic hydroxyl groups excluding tert-OH is 1. The van der Waals surface area contributed by atoms with E-state index in [0.717, 1.165) is 5.39 Å². The van der Waals surface area contributed by atoms with E-state index in [9.17, 15) is 14.7 Å². The van der Waals surface area contributed by atoms with Gasteiger partial charge in [0.1, 0.15) is 5.58 Å². The number of carbonyl (C=O) groups is 2. The lowest BCUT2D eigenvalue weighted by Gasteiger charge is -2.27. The molecule has 0 saturated carbocycles. The van der Waals surface area contributed by atoms with Crippen molar-refractivity contribution in [2.45, 2.75) is 19.0 Å². The number of aliphatic hydroxyl groups is 1. The van der Waals surface area contributed by atoms with E-state index in [-0.39, 0.29) is 11.3 Å². The third-order valence-electron chi connectivity index (χ3n) is 5.74. The number of nitrogens with zero attached hydrogens (tertiary/aromatic N) is 3. The molecular weight excluding hydrogens is 442 g/mol. The Labute approximate surface area is 194 Å². The molecule has 1 aliphatic heterocycles. The average molecular weight is 462 g/mol. The molecule has 0 bridgehead atoms. The lowest BCUT2D eigenvalue weighted by Crippen LogP contribution is -2.32. The molecule has 5 rings (SSSR count). The van der Waals surface area contributed by atoms with Gasteiger partial charge in [0.25, 0.3) is 5.91 Å². The molecule has 1 N–H and O–H groups in total. The quantitative estimate of drug-likeness (QED) is 0.393. The molecule has 166 valence electrons. The largest absolute Gasteiger partial charge is 0.503 e. The number of rotatable bonds is 7. The Bertz CT molecular complexity index is 1340. The minimum atomic E-state index is -0.778. The van der Waals surface area contributed by atoms with E-state index in [0.29, 0.717) is 35.7 Å². The number of fused-ring (bicyclic) bond motifs is 1. The average Bonchev–Trinajstić information content (AvgIpc) is 3.53. The summed E-state index contributed by atoms with van der Waals surface area (Å²) in [5.74, 6) is -1.62. The lowest BCUT2D eigenvalue weighted by atomic mass is 9.95. The van der Waals surface area contributed by atoms with Crippen LogP contribution in [0.25, 0.3) is 11.0 Å². The molecule has 1 amide bonds. The monoisotopic (exact) mass is 461 g/mol. The zero-order valence-corrected chi connectivity index (χ0v) is 18.3. The van der Waals surface area contributed by atoms with Gasteiger partial charge in [-0.3, -0.25) is 9.59 Å². The van der Waals surface area contributed by atoms with Gasteiger partial charge in [-0.05, 0) is 36.2 Å². The predicted molar refractivity (Wildman–Crippen MR) is 123 cm³/mol. The van der Waals surface area contributed by atoms with E-state index in [2.05, 4.69) is 4.98 Å². The minimum Gasteiger partial charge on any atom is -0.503 e. The van der Waals surface area contributed by atoms with Crippen LogP contribution in [0.5, 0.6) is 0 Å². The zero-order chi connectivity index (χ0) is 22.9. The third kappa shape index (κ3) is 3.91. The second-order valence-electron chi connectivity index (χ2n) is 7.85. The molecule has 1 atom stereocenters. The Balaban J connectivity index is 1.51. The molecule has 0 fully saturated rings. The predicted octanol–water partition coefficient (Wildman–Crippen LogP) is 4.95. The summed E-state index contributed by atoms with van der Waals surface area (Å²) in [5, 5.41) is 12.0. The van der Waals surface area contributed by atoms with Gasteiger partial charge in [-0.2, -0.15) is 0 Å². The van der Waals surface area contributed by atoms with Gasteiger partial charge in [-0.1, -0.05) is 41.9 Å². The summed E-state index contributed by atoms with van der Waals surface area (Å²) in [6.07, 6.45) is 5.84. The standard InChI is InChI=1S/C25H20ClN3O4/c26-18-7-3-6-17(13-18)22-21(23(30)20-14-16-5-1-2-8-19(16)33-20)24(31)25(32)29(22)11-4-10-28-12-9-27-15-28/h1-3,5-9,12-15,22,31H,4,10-11H2. The van der Waals surface area contributed by atoms with Crippen LogP contribution in [0.1, 0.15) is 28.6 Å². The Kier molecular flexibility index (Phi) is 5.48. The molecular formula is C25H20ClN3O4. The topological polar surface area (TPSA) is 88.6 Å². The summed E-state index contributed by atoms with van der Waals surface area (Å²) < 4.78 is 7.64. The summed E-state index contributed by atoms with van der Waals surface area (Å²) >= 11 is 6.22. The summed E-state index contributed by atoms with van der Waals surface area (Å²) in [7, 11) is 0. The zero-order valence-electron chi connectivity index (χ0n) is 17.5. The fourth-order valence-corrected chi connectivity index (χ4v) is 4.41. The number of hydrogen-bond donors (Lipinski definition) is 1. The normalized spacial score (nSPS) is 16.2. The SMILES string of the molecule is O=C(C1=C(O)C(=O)N(CCCn2ccnc2)C1c1cccc(Cl)c1)c1cc2ccccc2o1. The maximum Gasteiger partial charge on any atom is 0.290 e. The number of aromatic nitrogens is 2. The van der Waals surface area contributed by atoms with Crippen LogP contribution in [0.3, 0.4) is 0 Å². The van der Waals surface area contributed by atoms with Crippen LogP contribution < -0.4 is 0 Å². The smallest absolute Gasteiger partial charge is 0.290 e. The van der Waals surface area contributed by atoms with Crippen molar-refractivity contribution in [2.75, 3.05) is 6.54 Å². The van der Waals surface area contributed by atoms with E-state index in [1.165, 1.54) is 4.90 Å². The summed E-state index contributed by atoms with van der Waals surface area (Å²) in [6, 6.07) is 15.1. The van der Waals surface area contributed by atoms with Crippen LogP contribution >= 0.6 is 11.6 Å². The van der Waals surface area contributed by atoms with Gasteiger partial charge >= 0.3 is 0 Å². The van der Waals surface area contributed by atoms with E-state index >= 15 is 0 Å². The van der Waals surface area contributed by atoms with Gasteiger partial charge < -0.3 is 19.0 Å². The van der Waals surface area contributed by atoms with Gasteiger partial charge in [-0.15, -0.1) is 0 Å². The van der Waals surface area contributed by atoms with Crippen LogP contribution in [0.2, 0.25) is 5.02 Å². The second kappa shape index (κ2) is 8.60. The maximum absolute atomic E-state index is 13.5. The number of amides is 1. The number of imidazole rings is 1. The first kappa shape index (κ1) is 21.0. The van der Waals surface area contributed by atoms with E-state index in [1.807, 2.05) is 29.0 Å². The summed E-state index contributed by atoms with van der Waals surface area (Å²) in [6.45, 7) is 0.967. The molecule has 2 aromatic heterocycles. The first-order valence-electron chi connectivity index (χ1n) is 10.5. The molecule has 0 radical (unpaired) electrons. The van der Waals surface area contributed by atoms with Crippen molar-refractivity contribution in [1.29, 1.82) is 0 Å². The fraction of sp³-hybridized carbons (Fsp3) is 0.160.